The van der Waals surface area contributed by atoms with E-state index in [1.807, 2.05) is 32.0 Å². The Labute approximate surface area is 156 Å². The summed E-state index contributed by atoms with van der Waals surface area (Å²) in [6.45, 7) is 4.38. The van der Waals surface area contributed by atoms with Crippen LogP contribution in [0.1, 0.15) is 22.3 Å². The highest BCUT2D eigenvalue weighted by atomic mass is 35.5. The maximum atomic E-state index is 6.02. The van der Waals surface area contributed by atoms with E-state index in [9.17, 15) is 0 Å². The Morgan fingerprint density at radius 1 is 1.21 bits per heavy atom. The molecule has 4 nitrogen and oxygen atoms in total. The first-order valence-electron chi connectivity index (χ1n) is 7.13. The molecule has 0 aliphatic carbocycles. The summed E-state index contributed by atoms with van der Waals surface area (Å²) in [7, 11) is 0. The van der Waals surface area contributed by atoms with Crippen LogP contribution in [0.5, 0.6) is 5.75 Å². The molecule has 126 valence electrons. The fraction of sp³-hybridized carbons (Fsp3) is 0.176. The number of hydrogen-bond acceptors (Lipinski definition) is 3. The van der Waals surface area contributed by atoms with Crippen LogP contribution in [-0.2, 0) is 6.61 Å². The number of ether oxygens (including phenoxy) is 1. The standard InChI is InChI=1S/C17H17Cl2N3OS/c1-10-5-13(8-21-22-17(20)24)6-11(2)16(10)23-9-12-3-4-14(18)15(19)7-12/h3-8H,9H2,1-2H3,(H3,20,22,24)/b21-8-. The molecule has 0 spiro atoms. The highest BCUT2D eigenvalue weighted by Crippen LogP contribution is 2.27. The monoisotopic (exact) mass is 381 g/mol. The van der Waals surface area contributed by atoms with Crippen molar-refractivity contribution in [2.45, 2.75) is 20.5 Å². The molecule has 0 aliphatic rings. The number of rotatable bonds is 5. The van der Waals surface area contributed by atoms with Gasteiger partial charge in [0.25, 0.3) is 0 Å². The van der Waals surface area contributed by atoms with Gasteiger partial charge in [-0.3, -0.25) is 5.43 Å². The summed E-state index contributed by atoms with van der Waals surface area (Å²) >= 11 is 16.6. The highest BCUT2D eigenvalue weighted by molar-refractivity contribution is 7.80. The minimum absolute atomic E-state index is 0.126. The van der Waals surface area contributed by atoms with Gasteiger partial charge in [0.1, 0.15) is 12.4 Å². The third-order valence-corrected chi connectivity index (χ3v) is 4.07. The molecule has 0 unspecified atom stereocenters. The van der Waals surface area contributed by atoms with Gasteiger partial charge in [-0.05, 0) is 72.6 Å². The molecule has 2 aromatic carbocycles. The van der Waals surface area contributed by atoms with Crippen molar-refractivity contribution in [3.05, 3.63) is 62.6 Å². The zero-order chi connectivity index (χ0) is 17.7. The quantitative estimate of drug-likeness (QED) is 0.458. The molecule has 24 heavy (non-hydrogen) atoms. The molecule has 2 aromatic rings. The molecular formula is C17H17Cl2N3OS. The molecule has 0 saturated carbocycles. The molecule has 0 amide bonds. The van der Waals surface area contributed by atoms with Crippen LogP contribution in [0, 0.1) is 13.8 Å². The van der Waals surface area contributed by atoms with Gasteiger partial charge in [-0.1, -0.05) is 29.3 Å². The molecule has 0 atom stereocenters. The van der Waals surface area contributed by atoms with E-state index in [1.54, 1.807) is 18.3 Å². The summed E-state index contributed by atoms with van der Waals surface area (Å²) in [6.07, 6.45) is 1.65. The van der Waals surface area contributed by atoms with E-state index in [-0.39, 0.29) is 5.11 Å². The molecule has 0 saturated heterocycles. The van der Waals surface area contributed by atoms with E-state index in [0.29, 0.717) is 16.7 Å². The van der Waals surface area contributed by atoms with Crippen LogP contribution in [0.2, 0.25) is 10.0 Å². The van der Waals surface area contributed by atoms with Crippen LogP contribution < -0.4 is 15.9 Å². The lowest BCUT2D eigenvalue weighted by Gasteiger charge is -2.13. The predicted octanol–water partition coefficient (Wildman–Crippen LogP) is 4.36. The molecule has 0 aliphatic heterocycles. The first-order valence-corrected chi connectivity index (χ1v) is 8.29. The summed E-state index contributed by atoms with van der Waals surface area (Å²) in [6, 6.07) is 9.40. The first kappa shape index (κ1) is 18.5. The van der Waals surface area contributed by atoms with Crippen LogP contribution in [0.4, 0.5) is 0 Å². The second-order valence-corrected chi connectivity index (χ2v) is 6.51. The van der Waals surface area contributed by atoms with Gasteiger partial charge in [-0.2, -0.15) is 5.10 Å². The van der Waals surface area contributed by atoms with Gasteiger partial charge < -0.3 is 10.5 Å². The fourth-order valence-corrected chi connectivity index (χ4v) is 2.61. The van der Waals surface area contributed by atoms with Crippen LogP contribution in [0.3, 0.4) is 0 Å². The minimum Gasteiger partial charge on any atom is -0.488 e. The van der Waals surface area contributed by atoms with Gasteiger partial charge in [0.05, 0.1) is 16.3 Å². The van der Waals surface area contributed by atoms with Gasteiger partial charge in [-0.25, -0.2) is 0 Å². The maximum Gasteiger partial charge on any atom is 0.184 e. The average molecular weight is 382 g/mol. The van der Waals surface area contributed by atoms with Crippen molar-refractivity contribution in [1.29, 1.82) is 0 Å². The zero-order valence-electron chi connectivity index (χ0n) is 13.3. The van der Waals surface area contributed by atoms with E-state index in [0.717, 1.165) is 28.0 Å². The summed E-state index contributed by atoms with van der Waals surface area (Å²) < 4.78 is 5.94. The van der Waals surface area contributed by atoms with Crippen molar-refractivity contribution in [3.63, 3.8) is 0 Å². The number of thiocarbonyl (C=S) groups is 1. The largest absolute Gasteiger partial charge is 0.488 e. The number of aryl methyl sites for hydroxylation is 2. The van der Waals surface area contributed by atoms with Crippen molar-refractivity contribution in [2.24, 2.45) is 10.8 Å². The third kappa shape index (κ3) is 5.09. The van der Waals surface area contributed by atoms with Crippen LogP contribution in [0.15, 0.2) is 35.4 Å². The number of nitrogens with two attached hydrogens (primary N) is 1. The molecule has 0 radical (unpaired) electrons. The number of nitrogens with zero attached hydrogens (tertiary/aromatic N) is 1. The summed E-state index contributed by atoms with van der Waals surface area (Å²) in [4.78, 5) is 0. The second kappa shape index (κ2) is 8.33. The number of hydrazone groups is 1. The molecule has 7 heteroatoms. The number of halogens is 2. The summed E-state index contributed by atoms with van der Waals surface area (Å²) in [5, 5.41) is 5.13. The molecular weight excluding hydrogens is 365 g/mol. The smallest absolute Gasteiger partial charge is 0.184 e. The van der Waals surface area contributed by atoms with Gasteiger partial charge >= 0.3 is 0 Å². The zero-order valence-corrected chi connectivity index (χ0v) is 15.6. The minimum atomic E-state index is 0.126. The summed E-state index contributed by atoms with van der Waals surface area (Å²) in [5.41, 5.74) is 11.7. The Hall–Kier alpha value is -1.82. The molecule has 3 N–H and O–H groups in total. The highest BCUT2D eigenvalue weighted by Gasteiger charge is 2.07. The molecule has 0 aromatic heterocycles. The topological polar surface area (TPSA) is 59.6 Å². The lowest BCUT2D eigenvalue weighted by molar-refractivity contribution is 0.302. The normalized spacial score (nSPS) is 10.8. The van der Waals surface area contributed by atoms with Crippen LogP contribution in [-0.4, -0.2) is 11.3 Å². The second-order valence-electron chi connectivity index (χ2n) is 5.26. The van der Waals surface area contributed by atoms with Gasteiger partial charge in [0.15, 0.2) is 5.11 Å². The average Bonchev–Trinajstić information content (AvgIpc) is 2.49. The van der Waals surface area contributed by atoms with Gasteiger partial charge in [-0.15, -0.1) is 0 Å². The Bertz CT molecular complexity index is 770. The predicted molar refractivity (Wildman–Crippen MR) is 104 cm³/mol. The van der Waals surface area contributed by atoms with E-state index in [1.165, 1.54) is 0 Å². The van der Waals surface area contributed by atoms with Gasteiger partial charge in [0, 0.05) is 0 Å². The number of nitrogens with one attached hydrogen (secondary N) is 1. The maximum absolute atomic E-state index is 6.02. The van der Waals surface area contributed by atoms with Crippen molar-refractivity contribution < 1.29 is 4.74 Å². The van der Waals surface area contributed by atoms with Crippen LogP contribution in [0.25, 0.3) is 0 Å². The Morgan fingerprint density at radius 2 is 1.88 bits per heavy atom. The molecule has 0 bridgehead atoms. The van der Waals surface area contributed by atoms with Crippen LogP contribution >= 0.6 is 35.4 Å². The van der Waals surface area contributed by atoms with Crippen molar-refractivity contribution in [2.75, 3.05) is 0 Å². The van der Waals surface area contributed by atoms with E-state index < -0.39 is 0 Å². The fourth-order valence-electron chi connectivity index (χ4n) is 2.24. The van der Waals surface area contributed by atoms with E-state index in [2.05, 4.69) is 10.5 Å². The van der Waals surface area contributed by atoms with E-state index >= 15 is 0 Å². The lowest BCUT2D eigenvalue weighted by Crippen LogP contribution is -2.24. The first-order chi connectivity index (χ1) is 11.4. The number of benzene rings is 2. The summed E-state index contributed by atoms with van der Waals surface area (Å²) in [5.74, 6) is 0.834. The molecule has 2 rings (SSSR count). The van der Waals surface area contributed by atoms with Gasteiger partial charge in [0.2, 0.25) is 0 Å². The number of hydrogen-bond donors (Lipinski definition) is 2. The lowest BCUT2D eigenvalue weighted by atomic mass is 10.1. The molecule has 0 fully saturated rings. The Kier molecular flexibility index (Phi) is 6.43. The molecule has 0 heterocycles. The SMILES string of the molecule is Cc1cc(/C=N\NC(N)=S)cc(C)c1OCc1ccc(Cl)c(Cl)c1. The third-order valence-electron chi connectivity index (χ3n) is 3.24. The Morgan fingerprint density at radius 3 is 2.46 bits per heavy atom. The van der Waals surface area contributed by atoms with Crippen molar-refractivity contribution in [1.82, 2.24) is 5.43 Å². The van der Waals surface area contributed by atoms with Crippen molar-refractivity contribution >= 4 is 46.7 Å². The van der Waals surface area contributed by atoms with E-state index in [4.69, 9.17) is 45.9 Å². The Balaban J connectivity index is 2.11. The van der Waals surface area contributed by atoms with Crippen molar-refractivity contribution in [3.8, 4) is 5.75 Å².